The molecule has 2 aliphatic heterocycles. The lowest BCUT2D eigenvalue weighted by Gasteiger charge is -2.39. The molecule has 11 heteroatoms. The van der Waals surface area contributed by atoms with Crippen molar-refractivity contribution in [1.82, 2.24) is 19.3 Å². The predicted molar refractivity (Wildman–Crippen MR) is 141 cm³/mol. The van der Waals surface area contributed by atoms with Crippen LogP contribution in [0.3, 0.4) is 0 Å². The number of sulfonamides is 1. The fourth-order valence-corrected chi connectivity index (χ4v) is 6.94. The highest BCUT2D eigenvalue weighted by Crippen LogP contribution is 2.30. The van der Waals surface area contributed by atoms with E-state index in [1.807, 2.05) is 29.2 Å². The van der Waals surface area contributed by atoms with Gasteiger partial charge in [0.25, 0.3) is 0 Å². The third-order valence-electron chi connectivity index (χ3n) is 7.16. The van der Waals surface area contributed by atoms with Crippen molar-refractivity contribution in [2.24, 2.45) is 5.92 Å². The van der Waals surface area contributed by atoms with Crippen LogP contribution in [0.4, 0.5) is 5.69 Å². The van der Waals surface area contributed by atoms with Gasteiger partial charge >= 0.3 is 0 Å². The number of piperidine rings is 1. The van der Waals surface area contributed by atoms with Gasteiger partial charge in [0.05, 0.1) is 4.90 Å². The molecule has 0 N–H and O–H groups in total. The molecule has 2 aliphatic rings. The number of carbonyl (C=O) groups excluding carboxylic acids is 1. The normalized spacial score (nSPS) is 17.8. The van der Waals surface area contributed by atoms with Crippen LogP contribution in [-0.2, 0) is 14.8 Å². The van der Waals surface area contributed by atoms with Gasteiger partial charge in [-0.15, -0.1) is 0 Å². The lowest BCUT2D eigenvalue weighted by Crippen LogP contribution is -2.52. The molecule has 5 rings (SSSR count). The third-order valence-corrected chi connectivity index (χ3v) is 9.44. The van der Waals surface area contributed by atoms with E-state index in [4.69, 9.17) is 16.1 Å². The molecule has 0 aliphatic carbocycles. The topological polar surface area (TPSA) is 99.8 Å². The zero-order chi connectivity index (χ0) is 26.2. The summed E-state index contributed by atoms with van der Waals surface area (Å²) < 4.78 is 33.6. The second kappa shape index (κ2) is 10.4. The Labute approximate surface area is 222 Å². The van der Waals surface area contributed by atoms with E-state index in [1.54, 1.807) is 32.0 Å². The summed E-state index contributed by atoms with van der Waals surface area (Å²) >= 11 is 6.13. The molecule has 0 radical (unpaired) electrons. The predicted octanol–water partition coefficient (Wildman–Crippen LogP) is 3.76. The first-order valence-corrected chi connectivity index (χ1v) is 14.2. The van der Waals surface area contributed by atoms with Gasteiger partial charge in [-0.2, -0.15) is 9.29 Å². The van der Waals surface area contributed by atoms with Crippen LogP contribution in [-0.4, -0.2) is 72.9 Å². The van der Waals surface area contributed by atoms with E-state index >= 15 is 0 Å². The van der Waals surface area contributed by atoms with Crippen molar-refractivity contribution >= 4 is 33.2 Å². The molecule has 2 aromatic carbocycles. The minimum absolute atomic E-state index is 0.119. The summed E-state index contributed by atoms with van der Waals surface area (Å²) in [4.78, 5) is 21.8. The van der Waals surface area contributed by atoms with Gasteiger partial charge in [-0.25, -0.2) is 8.42 Å². The van der Waals surface area contributed by atoms with Crippen LogP contribution in [0.15, 0.2) is 51.9 Å². The Hall–Kier alpha value is -2.95. The van der Waals surface area contributed by atoms with E-state index in [-0.39, 0.29) is 16.7 Å². The van der Waals surface area contributed by atoms with Crippen LogP contribution in [0.25, 0.3) is 11.4 Å². The molecule has 1 amide bonds. The summed E-state index contributed by atoms with van der Waals surface area (Å²) in [7, 11) is -3.73. The van der Waals surface area contributed by atoms with Gasteiger partial charge < -0.3 is 14.3 Å². The molecule has 0 atom stereocenters. The molecule has 2 fully saturated rings. The maximum absolute atomic E-state index is 13.5. The molecular formula is C26H30ClN5O4S. The lowest BCUT2D eigenvalue weighted by molar-refractivity contribution is -0.137. The average Bonchev–Trinajstić information content (AvgIpc) is 3.35. The van der Waals surface area contributed by atoms with Crippen molar-refractivity contribution in [3.8, 4) is 11.4 Å². The van der Waals surface area contributed by atoms with Gasteiger partial charge in [0.2, 0.25) is 27.6 Å². The number of nitrogens with zero attached hydrogens (tertiary/aromatic N) is 5. The van der Waals surface area contributed by atoms with Crippen molar-refractivity contribution in [3.63, 3.8) is 0 Å². The highest BCUT2D eigenvalue weighted by atomic mass is 35.5. The lowest BCUT2D eigenvalue weighted by atomic mass is 9.96. The molecule has 196 valence electrons. The van der Waals surface area contributed by atoms with Crippen LogP contribution >= 0.6 is 11.6 Å². The van der Waals surface area contributed by atoms with Gasteiger partial charge in [-0.05, 0) is 49.6 Å². The number of piperazine rings is 1. The summed E-state index contributed by atoms with van der Waals surface area (Å²) in [5.41, 5.74) is 2.30. The molecule has 0 bridgehead atoms. The molecular weight excluding hydrogens is 514 g/mol. The standard InChI is InChI=1S/C26H30ClN5O4S/c1-18-6-7-21(25-28-19(2)36-29-25)16-24(18)37(34,35)32-10-8-20(9-11-32)26(33)31-14-12-30(13-15-31)23-5-3-4-22(27)17-23/h3-7,16-17,20H,8-15H2,1-2H3. The van der Waals surface area contributed by atoms with Gasteiger partial charge in [-0.3, -0.25) is 4.79 Å². The number of anilines is 1. The number of aryl methyl sites for hydroxylation is 2. The highest BCUT2D eigenvalue weighted by molar-refractivity contribution is 7.89. The summed E-state index contributed by atoms with van der Waals surface area (Å²) in [6, 6.07) is 12.9. The van der Waals surface area contributed by atoms with E-state index in [1.165, 1.54) is 4.31 Å². The van der Waals surface area contributed by atoms with Crippen molar-refractivity contribution in [1.29, 1.82) is 0 Å². The number of carbonyl (C=O) groups is 1. The quantitative estimate of drug-likeness (QED) is 0.483. The molecule has 3 heterocycles. The number of halogens is 1. The molecule has 9 nitrogen and oxygen atoms in total. The maximum Gasteiger partial charge on any atom is 0.243 e. The molecule has 0 saturated carbocycles. The first-order valence-electron chi connectivity index (χ1n) is 12.4. The molecule has 1 aromatic heterocycles. The average molecular weight is 544 g/mol. The number of hydrogen-bond donors (Lipinski definition) is 0. The Morgan fingerprint density at radius 2 is 1.73 bits per heavy atom. The molecule has 2 saturated heterocycles. The number of amides is 1. The van der Waals surface area contributed by atoms with Crippen molar-refractivity contribution in [2.75, 3.05) is 44.2 Å². The van der Waals surface area contributed by atoms with Crippen molar-refractivity contribution < 1.29 is 17.7 Å². The van der Waals surface area contributed by atoms with Gasteiger partial charge in [0.1, 0.15) is 0 Å². The van der Waals surface area contributed by atoms with E-state index in [0.717, 1.165) is 18.8 Å². The maximum atomic E-state index is 13.5. The number of aromatic nitrogens is 2. The smallest absolute Gasteiger partial charge is 0.243 e. The molecule has 0 unspecified atom stereocenters. The van der Waals surface area contributed by atoms with Gasteiger partial charge in [0, 0.05) is 68.4 Å². The highest BCUT2D eigenvalue weighted by Gasteiger charge is 2.35. The summed E-state index contributed by atoms with van der Waals surface area (Å²) in [6.07, 6.45) is 1.02. The Morgan fingerprint density at radius 3 is 2.38 bits per heavy atom. The van der Waals surface area contributed by atoms with Crippen LogP contribution in [0, 0.1) is 19.8 Å². The summed E-state index contributed by atoms with van der Waals surface area (Å²) in [5, 5.41) is 4.60. The minimum atomic E-state index is -3.73. The number of benzene rings is 2. The monoisotopic (exact) mass is 543 g/mol. The Kier molecular flexibility index (Phi) is 7.24. The van der Waals surface area contributed by atoms with E-state index in [9.17, 15) is 13.2 Å². The minimum Gasteiger partial charge on any atom is -0.368 e. The van der Waals surface area contributed by atoms with Crippen molar-refractivity contribution in [2.45, 2.75) is 31.6 Å². The fourth-order valence-electron chi connectivity index (χ4n) is 5.03. The Balaban J connectivity index is 1.20. The zero-order valence-electron chi connectivity index (χ0n) is 20.9. The first-order chi connectivity index (χ1) is 17.7. The van der Waals surface area contributed by atoms with E-state index in [2.05, 4.69) is 15.0 Å². The Bertz CT molecular complexity index is 1390. The largest absolute Gasteiger partial charge is 0.368 e. The number of rotatable bonds is 5. The van der Waals surface area contributed by atoms with Gasteiger partial charge in [-0.1, -0.05) is 35.0 Å². The second-order valence-corrected chi connectivity index (χ2v) is 11.9. The summed E-state index contributed by atoms with van der Waals surface area (Å²) in [5.74, 6) is 0.721. The SMILES string of the molecule is Cc1nc(-c2ccc(C)c(S(=O)(=O)N3CCC(C(=O)N4CCN(c5cccc(Cl)c5)CC4)CC3)c2)no1. The fraction of sp³-hybridized carbons (Fsp3) is 0.423. The first kappa shape index (κ1) is 25.7. The van der Waals surface area contributed by atoms with Crippen LogP contribution in [0.1, 0.15) is 24.3 Å². The van der Waals surface area contributed by atoms with Gasteiger partial charge in [0.15, 0.2) is 0 Å². The summed E-state index contributed by atoms with van der Waals surface area (Å²) in [6.45, 7) is 6.86. The van der Waals surface area contributed by atoms with E-state index < -0.39 is 10.0 Å². The molecule has 3 aromatic rings. The number of hydrogen-bond acceptors (Lipinski definition) is 7. The van der Waals surface area contributed by atoms with Crippen LogP contribution < -0.4 is 4.90 Å². The molecule has 0 spiro atoms. The van der Waals surface area contributed by atoms with Crippen LogP contribution in [0.2, 0.25) is 5.02 Å². The second-order valence-electron chi connectivity index (χ2n) is 9.59. The van der Waals surface area contributed by atoms with E-state index in [0.29, 0.717) is 66.9 Å². The molecule has 37 heavy (non-hydrogen) atoms. The zero-order valence-corrected chi connectivity index (χ0v) is 22.5. The van der Waals surface area contributed by atoms with Crippen LogP contribution in [0.5, 0.6) is 0 Å². The third kappa shape index (κ3) is 5.37. The Morgan fingerprint density at radius 1 is 1.00 bits per heavy atom. The van der Waals surface area contributed by atoms with Crippen molar-refractivity contribution in [3.05, 3.63) is 58.9 Å².